The average molecular weight is 320 g/mol. The van der Waals surface area contributed by atoms with Crippen LogP contribution in [-0.2, 0) is 4.79 Å². The molecule has 0 bridgehead atoms. The van der Waals surface area contributed by atoms with E-state index in [-0.39, 0.29) is 5.78 Å². The molecule has 1 atom stereocenters. The molecular weight excluding hydrogens is 298 g/mol. The quantitative estimate of drug-likeness (QED) is 0.902. The van der Waals surface area contributed by atoms with Crippen molar-refractivity contribution in [3.8, 4) is 6.07 Å². The molecule has 2 aromatic rings. The number of piperazine rings is 1. The van der Waals surface area contributed by atoms with Gasteiger partial charge in [-0.25, -0.2) is 0 Å². The van der Waals surface area contributed by atoms with E-state index in [1.807, 2.05) is 36.4 Å². The molecule has 0 radical (unpaired) electrons. The van der Waals surface area contributed by atoms with Crippen molar-refractivity contribution in [2.24, 2.45) is 0 Å². The molecule has 3 rings (SSSR count). The molecular formula is C20H22N3O+. The molecule has 1 aliphatic heterocycles. The fourth-order valence-corrected chi connectivity index (χ4v) is 3.22. The molecule has 1 N–H and O–H groups in total. The Balaban J connectivity index is 1.56. The standard InChI is InChI=1S/C20H21N3O/c21-15-19(17-7-3-1-4-8-17)20(24)16-22-11-13-23(14-12-22)18-9-5-2-6-10-18/h1-10,19H,11-14,16H2/p+1/t19-/m0/s1. The Hall–Kier alpha value is -2.64. The van der Waals surface area contributed by atoms with Crippen molar-refractivity contribution in [3.63, 3.8) is 0 Å². The SMILES string of the molecule is N#C[C@H](C(=O)C[NH+]1CCN(c2ccccc2)CC1)c1ccccc1. The number of hydrogen-bond donors (Lipinski definition) is 1. The summed E-state index contributed by atoms with van der Waals surface area (Å²) in [6.45, 7) is 4.15. The van der Waals surface area contributed by atoms with E-state index >= 15 is 0 Å². The molecule has 2 aromatic carbocycles. The van der Waals surface area contributed by atoms with Gasteiger partial charge in [-0.1, -0.05) is 48.5 Å². The third-order valence-corrected chi connectivity index (χ3v) is 4.60. The lowest BCUT2D eigenvalue weighted by Crippen LogP contribution is -3.15. The fraction of sp³-hybridized carbons (Fsp3) is 0.300. The Morgan fingerprint density at radius 3 is 2.21 bits per heavy atom. The molecule has 1 saturated heterocycles. The third kappa shape index (κ3) is 3.81. The van der Waals surface area contributed by atoms with Crippen LogP contribution >= 0.6 is 0 Å². The zero-order valence-electron chi connectivity index (χ0n) is 13.7. The summed E-state index contributed by atoms with van der Waals surface area (Å²) in [6.07, 6.45) is 0. The number of hydrogen-bond acceptors (Lipinski definition) is 3. The van der Waals surface area contributed by atoms with E-state index in [4.69, 9.17) is 0 Å². The van der Waals surface area contributed by atoms with Crippen molar-refractivity contribution in [1.82, 2.24) is 0 Å². The fourth-order valence-electron chi connectivity index (χ4n) is 3.22. The molecule has 0 unspecified atom stereocenters. The molecule has 1 aliphatic rings. The minimum absolute atomic E-state index is 0.0202. The summed E-state index contributed by atoms with van der Waals surface area (Å²) < 4.78 is 0. The monoisotopic (exact) mass is 320 g/mol. The highest BCUT2D eigenvalue weighted by Gasteiger charge is 2.27. The van der Waals surface area contributed by atoms with E-state index in [9.17, 15) is 10.1 Å². The van der Waals surface area contributed by atoms with Crippen LogP contribution in [0.1, 0.15) is 11.5 Å². The summed E-state index contributed by atoms with van der Waals surface area (Å²) in [5, 5.41) is 9.38. The van der Waals surface area contributed by atoms with Crippen LogP contribution in [0.15, 0.2) is 60.7 Å². The lowest BCUT2D eigenvalue weighted by atomic mass is 9.96. The minimum atomic E-state index is -0.647. The van der Waals surface area contributed by atoms with Crippen molar-refractivity contribution in [3.05, 3.63) is 66.2 Å². The van der Waals surface area contributed by atoms with Crippen LogP contribution in [0.3, 0.4) is 0 Å². The summed E-state index contributed by atoms with van der Waals surface area (Å²) in [7, 11) is 0. The first-order valence-corrected chi connectivity index (χ1v) is 8.39. The number of para-hydroxylation sites is 1. The number of carbonyl (C=O) groups excluding carboxylic acids is 1. The normalized spacial score (nSPS) is 16.4. The van der Waals surface area contributed by atoms with Gasteiger partial charge in [0, 0.05) is 5.69 Å². The molecule has 4 nitrogen and oxygen atoms in total. The number of carbonyl (C=O) groups is 1. The number of anilines is 1. The number of ketones is 1. The van der Waals surface area contributed by atoms with E-state index < -0.39 is 5.92 Å². The Morgan fingerprint density at radius 1 is 1.04 bits per heavy atom. The van der Waals surface area contributed by atoms with Gasteiger partial charge in [0.25, 0.3) is 0 Å². The Bertz CT molecular complexity index is 701. The number of nitrogens with zero attached hydrogens (tertiary/aromatic N) is 2. The van der Waals surface area contributed by atoms with Crippen LogP contribution in [0.2, 0.25) is 0 Å². The summed E-state index contributed by atoms with van der Waals surface area (Å²) in [5.41, 5.74) is 2.04. The summed E-state index contributed by atoms with van der Waals surface area (Å²) in [5.74, 6) is -0.627. The van der Waals surface area contributed by atoms with E-state index in [1.165, 1.54) is 10.6 Å². The molecule has 0 saturated carbocycles. The third-order valence-electron chi connectivity index (χ3n) is 4.60. The molecule has 0 aliphatic carbocycles. The maximum atomic E-state index is 12.5. The highest BCUT2D eigenvalue weighted by Crippen LogP contribution is 2.15. The topological polar surface area (TPSA) is 48.5 Å². The zero-order chi connectivity index (χ0) is 16.8. The molecule has 1 fully saturated rings. The molecule has 0 aromatic heterocycles. The highest BCUT2D eigenvalue weighted by molar-refractivity contribution is 5.89. The smallest absolute Gasteiger partial charge is 0.208 e. The van der Waals surface area contributed by atoms with Gasteiger partial charge in [0.1, 0.15) is 12.5 Å². The number of rotatable bonds is 5. The van der Waals surface area contributed by atoms with E-state index in [0.29, 0.717) is 6.54 Å². The Kier molecular flexibility index (Phi) is 5.25. The van der Waals surface area contributed by atoms with Gasteiger partial charge in [-0.2, -0.15) is 5.26 Å². The second-order valence-corrected chi connectivity index (χ2v) is 6.19. The van der Waals surface area contributed by atoms with E-state index in [2.05, 4.69) is 35.2 Å². The largest absolute Gasteiger partial charge is 0.360 e. The van der Waals surface area contributed by atoms with Gasteiger partial charge in [0.05, 0.1) is 32.2 Å². The van der Waals surface area contributed by atoms with Crippen molar-refractivity contribution < 1.29 is 9.69 Å². The van der Waals surface area contributed by atoms with Gasteiger partial charge < -0.3 is 9.80 Å². The molecule has 122 valence electrons. The molecule has 0 amide bonds. The average Bonchev–Trinajstić information content (AvgIpc) is 2.64. The number of nitrogens with one attached hydrogen (secondary N) is 1. The van der Waals surface area contributed by atoms with Gasteiger partial charge in [-0.3, -0.25) is 4.79 Å². The van der Waals surface area contributed by atoms with Gasteiger partial charge in [-0.15, -0.1) is 0 Å². The minimum Gasteiger partial charge on any atom is -0.360 e. The first-order chi connectivity index (χ1) is 11.8. The second kappa shape index (κ2) is 7.76. The van der Waals surface area contributed by atoms with Crippen LogP contribution in [0, 0.1) is 11.3 Å². The van der Waals surface area contributed by atoms with E-state index in [0.717, 1.165) is 31.7 Å². The lowest BCUT2D eigenvalue weighted by molar-refractivity contribution is -0.892. The number of benzene rings is 2. The lowest BCUT2D eigenvalue weighted by Gasteiger charge is -2.33. The summed E-state index contributed by atoms with van der Waals surface area (Å²) in [4.78, 5) is 16.2. The van der Waals surface area contributed by atoms with Crippen LogP contribution in [-0.4, -0.2) is 38.5 Å². The first kappa shape index (κ1) is 16.2. The molecule has 24 heavy (non-hydrogen) atoms. The van der Waals surface area contributed by atoms with Crippen molar-refractivity contribution in [1.29, 1.82) is 5.26 Å². The first-order valence-electron chi connectivity index (χ1n) is 8.39. The molecule has 0 spiro atoms. The maximum Gasteiger partial charge on any atom is 0.208 e. The number of Topliss-reactive ketones (excluding diaryl/α,β-unsaturated/α-hetero) is 1. The number of quaternary nitrogens is 1. The highest BCUT2D eigenvalue weighted by atomic mass is 16.1. The maximum absolute atomic E-state index is 12.5. The van der Waals surface area contributed by atoms with Crippen LogP contribution < -0.4 is 9.80 Å². The van der Waals surface area contributed by atoms with Gasteiger partial charge in [0.2, 0.25) is 5.78 Å². The molecule has 1 heterocycles. The number of nitriles is 1. The van der Waals surface area contributed by atoms with E-state index in [1.54, 1.807) is 0 Å². The van der Waals surface area contributed by atoms with Crippen LogP contribution in [0.5, 0.6) is 0 Å². The van der Waals surface area contributed by atoms with Crippen molar-refractivity contribution in [2.45, 2.75) is 5.92 Å². The summed E-state index contributed by atoms with van der Waals surface area (Å²) in [6, 6.07) is 21.9. The molecule has 4 heteroatoms. The predicted octanol–water partition coefficient (Wildman–Crippen LogP) is 1.27. The van der Waals surface area contributed by atoms with Gasteiger partial charge >= 0.3 is 0 Å². The van der Waals surface area contributed by atoms with Gasteiger partial charge in [-0.05, 0) is 17.7 Å². The van der Waals surface area contributed by atoms with Crippen molar-refractivity contribution in [2.75, 3.05) is 37.6 Å². The van der Waals surface area contributed by atoms with Crippen molar-refractivity contribution >= 4 is 11.5 Å². The predicted molar refractivity (Wildman–Crippen MR) is 94.0 cm³/mol. The Labute approximate surface area is 142 Å². The zero-order valence-corrected chi connectivity index (χ0v) is 13.7. The second-order valence-electron chi connectivity index (χ2n) is 6.19. The Morgan fingerprint density at radius 2 is 1.62 bits per heavy atom. The van der Waals surface area contributed by atoms with Crippen LogP contribution in [0.4, 0.5) is 5.69 Å². The van der Waals surface area contributed by atoms with Crippen LogP contribution in [0.25, 0.3) is 0 Å². The summed E-state index contributed by atoms with van der Waals surface area (Å²) >= 11 is 0. The van der Waals surface area contributed by atoms with Gasteiger partial charge in [0.15, 0.2) is 0 Å².